The van der Waals surface area contributed by atoms with Gasteiger partial charge in [-0.2, -0.15) is 0 Å². The lowest BCUT2D eigenvalue weighted by Gasteiger charge is -2.17. The molecule has 1 aromatic rings. The summed E-state index contributed by atoms with van der Waals surface area (Å²) in [5, 5.41) is 0. The van der Waals surface area contributed by atoms with E-state index in [0.29, 0.717) is 19.4 Å². The number of hydrogen-bond acceptors (Lipinski definition) is 2. The molecule has 0 aromatic heterocycles. The van der Waals surface area contributed by atoms with Crippen molar-refractivity contribution >= 4 is 17.5 Å². The van der Waals surface area contributed by atoms with Gasteiger partial charge in [-0.15, -0.1) is 6.58 Å². The third-order valence-corrected chi connectivity index (χ3v) is 3.56. The quantitative estimate of drug-likeness (QED) is 0.785. The highest BCUT2D eigenvalue weighted by molar-refractivity contribution is 5.96. The van der Waals surface area contributed by atoms with Crippen LogP contribution in [0.4, 0.5) is 5.69 Å². The fourth-order valence-corrected chi connectivity index (χ4v) is 2.31. The van der Waals surface area contributed by atoms with Gasteiger partial charge in [-0.1, -0.05) is 18.2 Å². The molecule has 4 heteroatoms. The number of anilines is 1. The van der Waals surface area contributed by atoms with Gasteiger partial charge in [-0.05, 0) is 17.7 Å². The first-order valence-electron chi connectivity index (χ1n) is 6.73. The molecule has 4 nitrogen and oxygen atoms in total. The Kier molecular flexibility index (Phi) is 4.23. The second kappa shape index (κ2) is 5.90. The zero-order valence-corrected chi connectivity index (χ0v) is 12.0. The minimum atomic E-state index is 0.0545. The largest absolute Gasteiger partial charge is 0.349 e. The van der Waals surface area contributed by atoms with Crippen molar-refractivity contribution in [3.8, 4) is 0 Å². The predicted molar refractivity (Wildman–Crippen MR) is 79.5 cm³/mol. The predicted octanol–water partition coefficient (Wildman–Crippen LogP) is 1.86. The van der Waals surface area contributed by atoms with Gasteiger partial charge in [0.15, 0.2) is 0 Å². The van der Waals surface area contributed by atoms with Crippen molar-refractivity contribution in [3.05, 3.63) is 42.5 Å². The van der Waals surface area contributed by atoms with E-state index in [0.717, 1.165) is 11.3 Å². The van der Waals surface area contributed by atoms with Crippen molar-refractivity contribution in [2.24, 2.45) is 5.92 Å². The molecule has 0 radical (unpaired) electrons. The molecule has 20 heavy (non-hydrogen) atoms. The minimum Gasteiger partial charge on any atom is -0.349 e. The van der Waals surface area contributed by atoms with Gasteiger partial charge in [-0.25, -0.2) is 0 Å². The van der Waals surface area contributed by atoms with E-state index >= 15 is 0 Å². The van der Waals surface area contributed by atoms with E-state index in [1.54, 1.807) is 23.9 Å². The van der Waals surface area contributed by atoms with E-state index in [-0.39, 0.29) is 17.7 Å². The first-order valence-corrected chi connectivity index (χ1v) is 6.73. The zero-order valence-electron chi connectivity index (χ0n) is 12.0. The molecule has 1 atom stereocenters. The maximum atomic E-state index is 12.0. The molecule has 0 N–H and O–H groups in total. The molecule has 1 saturated heterocycles. The molecular weight excluding hydrogens is 252 g/mol. The van der Waals surface area contributed by atoms with Crippen LogP contribution in [0.3, 0.4) is 0 Å². The highest BCUT2D eigenvalue weighted by Gasteiger charge is 2.28. The Labute approximate surface area is 119 Å². The van der Waals surface area contributed by atoms with Crippen LogP contribution in [-0.2, 0) is 16.0 Å². The lowest BCUT2D eigenvalue weighted by Crippen LogP contribution is -2.25. The third-order valence-electron chi connectivity index (χ3n) is 3.56. The Bertz CT molecular complexity index is 537. The lowest BCUT2D eigenvalue weighted by atomic mass is 10.1. The summed E-state index contributed by atoms with van der Waals surface area (Å²) >= 11 is 0. The van der Waals surface area contributed by atoms with Crippen LogP contribution in [0.15, 0.2) is 36.9 Å². The third kappa shape index (κ3) is 3.07. The first-order chi connectivity index (χ1) is 9.51. The summed E-state index contributed by atoms with van der Waals surface area (Å²) in [6.07, 6.45) is 2.70. The van der Waals surface area contributed by atoms with Gasteiger partial charge in [0, 0.05) is 38.7 Å². The smallest absolute Gasteiger partial charge is 0.227 e. The van der Waals surface area contributed by atoms with Crippen LogP contribution >= 0.6 is 0 Å². The molecular formula is C16H20N2O2. The molecule has 1 heterocycles. The average Bonchev–Trinajstić information content (AvgIpc) is 2.80. The van der Waals surface area contributed by atoms with E-state index in [1.165, 1.54) is 0 Å². The number of carbonyl (C=O) groups is 2. The Morgan fingerprint density at radius 3 is 2.85 bits per heavy atom. The van der Waals surface area contributed by atoms with Crippen molar-refractivity contribution in [1.82, 2.24) is 4.90 Å². The molecule has 1 unspecified atom stereocenters. The molecule has 0 bridgehead atoms. The Hall–Kier alpha value is -2.10. The van der Waals surface area contributed by atoms with Crippen LogP contribution in [0.25, 0.3) is 0 Å². The molecule has 106 valence electrons. The van der Waals surface area contributed by atoms with E-state index < -0.39 is 0 Å². The normalized spacial score (nSPS) is 18.2. The van der Waals surface area contributed by atoms with E-state index in [4.69, 9.17) is 0 Å². The number of nitrogens with zero attached hydrogens (tertiary/aromatic N) is 2. The molecule has 2 amide bonds. The van der Waals surface area contributed by atoms with E-state index in [9.17, 15) is 9.59 Å². The molecule has 2 rings (SSSR count). The topological polar surface area (TPSA) is 40.6 Å². The summed E-state index contributed by atoms with van der Waals surface area (Å²) in [6.45, 7) is 4.43. The summed E-state index contributed by atoms with van der Waals surface area (Å²) in [5.74, 6) is 0.388. The molecule has 1 aliphatic heterocycles. The SMILES string of the molecule is C=CC1CC(=O)N(c2cccc(CC(=O)N(C)C)c2)C1. The standard InChI is InChI=1S/C16H20N2O2/c1-4-12-9-16(20)18(11-12)14-7-5-6-13(8-14)10-15(19)17(2)3/h4-8,12H,1,9-11H2,2-3H3. The van der Waals surface area contributed by atoms with Crippen LogP contribution in [0.2, 0.25) is 0 Å². The van der Waals surface area contributed by atoms with Gasteiger partial charge in [-0.3, -0.25) is 9.59 Å². The Morgan fingerprint density at radius 1 is 1.50 bits per heavy atom. The summed E-state index contributed by atoms with van der Waals surface area (Å²) in [5.41, 5.74) is 1.79. The maximum Gasteiger partial charge on any atom is 0.227 e. The van der Waals surface area contributed by atoms with E-state index in [2.05, 4.69) is 6.58 Å². The lowest BCUT2D eigenvalue weighted by molar-refractivity contribution is -0.128. The summed E-state index contributed by atoms with van der Waals surface area (Å²) < 4.78 is 0. The highest BCUT2D eigenvalue weighted by atomic mass is 16.2. The van der Waals surface area contributed by atoms with Crippen molar-refractivity contribution in [1.29, 1.82) is 0 Å². The second-order valence-corrected chi connectivity index (χ2v) is 5.34. The van der Waals surface area contributed by atoms with E-state index in [1.807, 2.05) is 30.3 Å². The number of likely N-dealkylation sites (N-methyl/N-ethyl adjacent to an activating group) is 1. The Balaban J connectivity index is 2.16. The molecule has 0 aliphatic carbocycles. The Morgan fingerprint density at radius 2 is 2.25 bits per heavy atom. The summed E-state index contributed by atoms with van der Waals surface area (Å²) in [7, 11) is 3.48. The second-order valence-electron chi connectivity index (χ2n) is 5.34. The van der Waals surface area contributed by atoms with Gasteiger partial charge in [0.25, 0.3) is 0 Å². The molecule has 1 aliphatic rings. The monoisotopic (exact) mass is 272 g/mol. The van der Waals surface area contributed by atoms with Crippen molar-refractivity contribution in [3.63, 3.8) is 0 Å². The molecule has 0 saturated carbocycles. The van der Waals surface area contributed by atoms with Crippen LogP contribution < -0.4 is 4.90 Å². The van der Waals surface area contributed by atoms with Gasteiger partial charge in [0.05, 0.1) is 6.42 Å². The van der Waals surface area contributed by atoms with Crippen molar-refractivity contribution in [2.45, 2.75) is 12.8 Å². The van der Waals surface area contributed by atoms with Crippen molar-refractivity contribution in [2.75, 3.05) is 25.5 Å². The maximum absolute atomic E-state index is 12.0. The summed E-state index contributed by atoms with van der Waals surface area (Å²) in [6, 6.07) is 7.64. The fourth-order valence-electron chi connectivity index (χ4n) is 2.31. The van der Waals surface area contributed by atoms with Crippen molar-refractivity contribution < 1.29 is 9.59 Å². The van der Waals surface area contributed by atoms with Gasteiger partial charge >= 0.3 is 0 Å². The highest BCUT2D eigenvalue weighted by Crippen LogP contribution is 2.26. The van der Waals surface area contributed by atoms with Gasteiger partial charge < -0.3 is 9.80 Å². The summed E-state index contributed by atoms with van der Waals surface area (Å²) in [4.78, 5) is 27.1. The van der Waals surface area contributed by atoms with Crippen LogP contribution in [0.5, 0.6) is 0 Å². The zero-order chi connectivity index (χ0) is 14.7. The number of hydrogen-bond donors (Lipinski definition) is 0. The number of rotatable bonds is 4. The van der Waals surface area contributed by atoms with Gasteiger partial charge in [0.1, 0.15) is 0 Å². The number of amides is 2. The molecule has 1 fully saturated rings. The van der Waals surface area contributed by atoms with Gasteiger partial charge in [0.2, 0.25) is 11.8 Å². The minimum absolute atomic E-state index is 0.0545. The number of benzene rings is 1. The molecule has 0 spiro atoms. The first kappa shape index (κ1) is 14.3. The molecule has 1 aromatic carbocycles. The number of carbonyl (C=O) groups excluding carboxylic acids is 2. The van der Waals surface area contributed by atoms with Crippen LogP contribution in [-0.4, -0.2) is 37.4 Å². The average molecular weight is 272 g/mol. The fraction of sp³-hybridized carbons (Fsp3) is 0.375. The van der Waals surface area contributed by atoms with Crippen LogP contribution in [0, 0.1) is 5.92 Å². The van der Waals surface area contributed by atoms with Crippen LogP contribution in [0.1, 0.15) is 12.0 Å².